The van der Waals surface area contributed by atoms with Crippen molar-refractivity contribution in [3.05, 3.63) is 28.2 Å². The van der Waals surface area contributed by atoms with Crippen LogP contribution >= 0.6 is 15.9 Å². The molecule has 1 aromatic rings. The van der Waals surface area contributed by atoms with E-state index in [0.717, 1.165) is 22.5 Å². The third kappa shape index (κ3) is 3.27. The fourth-order valence-corrected chi connectivity index (χ4v) is 2.92. The Bertz CT molecular complexity index is 413. The molecule has 1 fully saturated rings. The van der Waals surface area contributed by atoms with E-state index in [-0.39, 0.29) is 0 Å². The SMILES string of the molecule is CC(O)c1ccc(N(CC2CC2)C(C)C)cc1Br. The fourth-order valence-electron chi connectivity index (χ4n) is 2.23. The van der Waals surface area contributed by atoms with Crippen molar-refractivity contribution in [1.82, 2.24) is 0 Å². The van der Waals surface area contributed by atoms with Crippen molar-refractivity contribution in [2.24, 2.45) is 5.92 Å². The van der Waals surface area contributed by atoms with E-state index in [1.807, 2.05) is 6.07 Å². The monoisotopic (exact) mass is 311 g/mol. The topological polar surface area (TPSA) is 23.5 Å². The van der Waals surface area contributed by atoms with Crippen molar-refractivity contribution < 1.29 is 5.11 Å². The average molecular weight is 312 g/mol. The lowest BCUT2D eigenvalue weighted by Crippen LogP contribution is -2.32. The molecule has 18 heavy (non-hydrogen) atoms. The van der Waals surface area contributed by atoms with Crippen LogP contribution in [0.3, 0.4) is 0 Å². The molecule has 1 aliphatic carbocycles. The van der Waals surface area contributed by atoms with Crippen LogP contribution in [0.4, 0.5) is 5.69 Å². The predicted octanol–water partition coefficient (Wildman–Crippen LogP) is 4.13. The highest BCUT2D eigenvalue weighted by Gasteiger charge is 2.26. The van der Waals surface area contributed by atoms with Crippen molar-refractivity contribution in [2.45, 2.75) is 45.8 Å². The molecule has 0 bridgehead atoms. The Morgan fingerprint density at radius 2 is 2.00 bits per heavy atom. The smallest absolute Gasteiger partial charge is 0.0772 e. The minimum absolute atomic E-state index is 0.427. The van der Waals surface area contributed by atoms with Gasteiger partial charge in [-0.3, -0.25) is 0 Å². The van der Waals surface area contributed by atoms with Crippen LogP contribution in [0.1, 0.15) is 45.3 Å². The Balaban J connectivity index is 2.21. The maximum atomic E-state index is 9.66. The number of hydrogen-bond acceptors (Lipinski definition) is 2. The van der Waals surface area contributed by atoms with E-state index in [9.17, 15) is 5.11 Å². The molecule has 1 aliphatic rings. The lowest BCUT2D eigenvalue weighted by atomic mass is 10.1. The Labute approximate surface area is 118 Å². The van der Waals surface area contributed by atoms with Gasteiger partial charge in [-0.15, -0.1) is 0 Å². The number of aliphatic hydroxyl groups excluding tert-OH is 1. The molecular weight excluding hydrogens is 290 g/mol. The normalized spacial score (nSPS) is 17.0. The van der Waals surface area contributed by atoms with Crippen molar-refractivity contribution in [3.63, 3.8) is 0 Å². The van der Waals surface area contributed by atoms with E-state index in [0.29, 0.717) is 6.04 Å². The molecule has 0 amide bonds. The van der Waals surface area contributed by atoms with E-state index >= 15 is 0 Å². The number of aliphatic hydroxyl groups is 1. The molecule has 0 aromatic heterocycles. The second-order valence-electron chi connectivity index (χ2n) is 5.57. The molecule has 1 aromatic carbocycles. The number of halogens is 1. The van der Waals surface area contributed by atoms with Crippen LogP contribution in [0, 0.1) is 5.92 Å². The van der Waals surface area contributed by atoms with E-state index in [1.165, 1.54) is 18.5 Å². The van der Waals surface area contributed by atoms with Gasteiger partial charge >= 0.3 is 0 Å². The standard InChI is InChI=1S/C15H22BrNO/c1-10(2)17(9-12-4-5-12)13-6-7-14(11(3)18)15(16)8-13/h6-8,10-12,18H,4-5,9H2,1-3H3. The van der Waals surface area contributed by atoms with Crippen molar-refractivity contribution in [3.8, 4) is 0 Å². The van der Waals surface area contributed by atoms with Gasteiger partial charge in [0.15, 0.2) is 0 Å². The van der Waals surface area contributed by atoms with E-state index in [4.69, 9.17) is 0 Å². The molecule has 1 atom stereocenters. The summed E-state index contributed by atoms with van der Waals surface area (Å²) in [5.41, 5.74) is 2.20. The number of anilines is 1. The minimum atomic E-state index is -0.427. The molecule has 1 saturated carbocycles. The van der Waals surface area contributed by atoms with Gasteiger partial charge in [-0.2, -0.15) is 0 Å². The molecule has 3 heteroatoms. The summed E-state index contributed by atoms with van der Waals surface area (Å²) in [5.74, 6) is 0.877. The highest BCUT2D eigenvalue weighted by atomic mass is 79.9. The van der Waals surface area contributed by atoms with Gasteiger partial charge in [0.05, 0.1) is 6.10 Å². The highest BCUT2D eigenvalue weighted by Crippen LogP contribution is 2.34. The van der Waals surface area contributed by atoms with Crippen LogP contribution in [-0.2, 0) is 0 Å². The Morgan fingerprint density at radius 1 is 1.33 bits per heavy atom. The van der Waals surface area contributed by atoms with Crippen LogP contribution in [0.5, 0.6) is 0 Å². The summed E-state index contributed by atoms with van der Waals surface area (Å²) in [4.78, 5) is 2.45. The van der Waals surface area contributed by atoms with E-state index in [2.05, 4.69) is 46.8 Å². The van der Waals surface area contributed by atoms with Gasteiger partial charge in [0, 0.05) is 22.7 Å². The Morgan fingerprint density at radius 3 is 2.44 bits per heavy atom. The Kier molecular flexibility index (Phi) is 4.33. The second kappa shape index (κ2) is 5.62. The first kappa shape index (κ1) is 13.9. The van der Waals surface area contributed by atoms with Gasteiger partial charge in [0.2, 0.25) is 0 Å². The maximum Gasteiger partial charge on any atom is 0.0772 e. The highest BCUT2D eigenvalue weighted by molar-refractivity contribution is 9.10. The zero-order valence-corrected chi connectivity index (χ0v) is 12.9. The molecule has 0 heterocycles. The zero-order chi connectivity index (χ0) is 13.3. The lowest BCUT2D eigenvalue weighted by molar-refractivity contribution is 0.198. The van der Waals surface area contributed by atoms with Crippen LogP contribution in [0.2, 0.25) is 0 Å². The molecular formula is C15H22BrNO. The number of hydrogen-bond donors (Lipinski definition) is 1. The van der Waals surface area contributed by atoms with Crippen molar-refractivity contribution in [2.75, 3.05) is 11.4 Å². The zero-order valence-electron chi connectivity index (χ0n) is 11.4. The maximum absolute atomic E-state index is 9.66. The Hall–Kier alpha value is -0.540. The third-order valence-electron chi connectivity index (χ3n) is 3.54. The van der Waals surface area contributed by atoms with Gasteiger partial charge in [0.1, 0.15) is 0 Å². The molecule has 0 spiro atoms. The van der Waals surface area contributed by atoms with Crippen LogP contribution in [0.25, 0.3) is 0 Å². The summed E-state index contributed by atoms with van der Waals surface area (Å²) in [5, 5.41) is 9.66. The first-order valence-corrected chi connectivity index (χ1v) is 7.52. The van der Waals surface area contributed by atoms with Gasteiger partial charge in [-0.1, -0.05) is 22.0 Å². The minimum Gasteiger partial charge on any atom is -0.389 e. The molecule has 1 unspecified atom stereocenters. The lowest BCUT2D eigenvalue weighted by Gasteiger charge is -2.29. The first-order chi connectivity index (χ1) is 8.49. The number of benzene rings is 1. The molecule has 0 saturated heterocycles. The summed E-state index contributed by atoms with van der Waals surface area (Å²) in [6, 6.07) is 6.78. The largest absolute Gasteiger partial charge is 0.389 e. The molecule has 1 N–H and O–H groups in total. The van der Waals surface area contributed by atoms with Crippen LogP contribution < -0.4 is 4.90 Å². The van der Waals surface area contributed by atoms with Crippen LogP contribution in [0.15, 0.2) is 22.7 Å². The van der Waals surface area contributed by atoms with E-state index < -0.39 is 6.10 Å². The quantitative estimate of drug-likeness (QED) is 0.884. The molecule has 100 valence electrons. The van der Waals surface area contributed by atoms with Gasteiger partial charge in [-0.05, 0) is 57.2 Å². The van der Waals surface area contributed by atoms with Crippen molar-refractivity contribution >= 4 is 21.6 Å². The summed E-state index contributed by atoms with van der Waals surface area (Å²) >= 11 is 3.56. The number of nitrogens with zero attached hydrogens (tertiary/aromatic N) is 1. The van der Waals surface area contributed by atoms with Crippen molar-refractivity contribution in [1.29, 1.82) is 0 Å². The third-order valence-corrected chi connectivity index (χ3v) is 4.23. The average Bonchev–Trinajstić information content (AvgIpc) is 3.08. The summed E-state index contributed by atoms with van der Waals surface area (Å²) in [7, 11) is 0. The fraction of sp³-hybridized carbons (Fsp3) is 0.600. The van der Waals surface area contributed by atoms with Gasteiger partial charge in [-0.25, -0.2) is 0 Å². The van der Waals surface area contributed by atoms with Gasteiger partial charge in [0.25, 0.3) is 0 Å². The summed E-state index contributed by atoms with van der Waals surface area (Å²) in [6.07, 6.45) is 2.32. The van der Waals surface area contributed by atoms with Crippen LogP contribution in [-0.4, -0.2) is 17.7 Å². The van der Waals surface area contributed by atoms with E-state index in [1.54, 1.807) is 6.92 Å². The second-order valence-corrected chi connectivity index (χ2v) is 6.43. The summed E-state index contributed by atoms with van der Waals surface area (Å²) in [6.45, 7) is 7.42. The molecule has 2 rings (SSSR count). The first-order valence-electron chi connectivity index (χ1n) is 6.73. The number of rotatable bonds is 5. The predicted molar refractivity (Wildman–Crippen MR) is 80.0 cm³/mol. The molecule has 0 aliphatic heterocycles. The molecule has 0 radical (unpaired) electrons. The van der Waals surface area contributed by atoms with Gasteiger partial charge < -0.3 is 10.0 Å². The molecule has 2 nitrogen and oxygen atoms in total. The summed E-state index contributed by atoms with van der Waals surface area (Å²) < 4.78 is 0.997.